The summed E-state index contributed by atoms with van der Waals surface area (Å²) in [5.41, 5.74) is 2.08. The average Bonchev–Trinajstić information content (AvgIpc) is 2.00. The zero-order chi connectivity index (χ0) is 10.8. The second kappa shape index (κ2) is 4.18. The molecule has 0 aromatic carbocycles. The highest BCUT2D eigenvalue weighted by Gasteiger charge is 2.15. The molecule has 1 heterocycles. The van der Waals surface area contributed by atoms with Gasteiger partial charge in [-0.1, -0.05) is 11.6 Å². The highest BCUT2D eigenvalue weighted by Crippen LogP contribution is 2.16. The molecule has 0 saturated heterocycles. The fraction of sp³-hybridized carbons (Fsp3) is 0.667. The summed E-state index contributed by atoms with van der Waals surface area (Å²) in [6, 6.07) is 0. The van der Waals surface area contributed by atoms with Gasteiger partial charge in [0.2, 0.25) is 0 Å². The lowest BCUT2D eigenvalue weighted by atomic mass is 10.0. The fourth-order valence-electron chi connectivity index (χ4n) is 1.55. The molecule has 0 aromatic heterocycles. The van der Waals surface area contributed by atoms with Crippen molar-refractivity contribution in [2.45, 2.75) is 39.7 Å². The molecule has 2 heteroatoms. The van der Waals surface area contributed by atoms with Gasteiger partial charge in [-0.2, -0.15) is 0 Å². The Hall–Kier alpha value is -0.760. The lowest BCUT2D eigenvalue weighted by Crippen LogP contribution is -2.31. The summed E-state index contributed by atoms with van der Waals surface area (Å²) in [6.45, 7) is 9.87. The first-order chi connectivity index (χ1) is 6.38. The van der Waals surface area contributed by atoms with E-state index in [1.54, 1.807) is 0 Å². The van der Waals surface area contributed by atoms with Crippen LogP contribution in [0.5, 0.6) is 0 Å². The maximum absolute atomic E-state index is 9.62. The van der Waals surface area contributed by atoms with Crippen molar-refractivity contribution in [2.75, 3.05) is 13.1 Å². The summed E-state index contributed by atoms with van der Waals surface area (Å²) in [5, 5.41) is 9.62. The lowest BCUT2D eigenvalue weighted by Gasteiger charge is -2.30. The van der Waals surface area contributed by atoms with E-state index in [9.17, 15) is 5.11 Å². The molecule has 2 nitrogen and oxygen atoms in total. The molecule has 14 heavy (non-hydrogen) atoms. The van der Waals surface area contributed by atoms with Crippen molar-refractivity contribution in [2.24, 2.45) is 0 Å². The van der Waals surface area contributed by atoms with Crippen molar-refractivity contribution in [1.29, 1.82) is 0 Å². The van der Waals surface area contributed by atoms with E-state index in [0.717, 1.165) is 19.5 Å². The van der Waals surface area contributed by atoms with E-state index in [1.807, 2.05) is 13.8 Å². The minimum atomic E-state index is -0.559. The Labute approximate surface area is 86.9 Å². The summed E-state index contributed by atoms with van der Waals surface area (Å²) < 4.78 is 0. The third kappa shape index (κ3) is 3.54. The van der Waals surface area contributed by atoms with Crippen LogP contribution in [0.4, 0.5) is 0 Å². The molecule has 0 unspecified atom stereocenters. The Morgan fingerprint density at radius 1 is 1.43 bits per heavy atom. The van der Waals surface area contributed by atoms with Crippen LogP contribution in [-0.2, 0) is 0 Å². The average molecular weight is 195 g/mol. The molecule has 1 aliphatic rings. The monoisotopic (exact) mass is 195 g/mol. The van der Waals surface area contributed by atoms with Crippen molar-refractivity contribution in [3.63, 3.8) is 0 Å². The van der Waals surface area contributed by atoms with Crippen LogP contribution in [0, 0.1) is 0 Å². The van der Waals surface area contributed by atoms with Crippen LogP contribution < -0.4 is 0 Å². The molecule has 0 atom stereocenters. The van der Waals surface area contributed by atoms with E-state index in [-0.39, 0.29) is 0 Å². The van der Waals surface area contributed by atoms with Crippen LogP contribution in [0.2, 0.25) is 0 Å². The second-order valence-corrected chi connectivity index (χ2v) is 4.74. The van der Waals surface area contributed by atoms with Gasteiger partial charge >= 0.3 is 0 Å². The summed E-state index contributed by atoms with van der Waals surface area (Å²) in [5.74, 6) is 0. The van der Waals surface area contributed by atoms with Gasteiger partial charge in [0.15, 0.2) is 0 Å². The Morgan fingerprint density at radius 2 is 2.07 bits per heavy atom. The fourth-order valence-corrected chi connectivity index (χ4v) is 1.55. The third-order valence-electron chi connectivity index (χ3n) is 2.56. The standard InChI is InChI=1S/C12H21NO/c1-10-5-7-13(11(2)9-10)8-6-12(3,4)14/h5,9,14H,6-8H2,1-4H3. The molecule has 0 saturated carbocycles. The number of nitrogens with zero attached hydrogens (tertiary/aromatic N) is 1. The second-order valence-electron chi connectivity index (χ2n) is 4.74. The van der Waals surface area contributed by atoms with Gasteiger partial charge in [-0.25, -0.2) is 0 Å². The van der Waals surface area contributed by atoms with Crippen LogP contribution in [-0.4, -0.2) is 28.7 Å². The number of rotatable bonds is 3. The maximum Gasteiger partial charge on any atom is 0.0608 e. The molecule has 1 aliphatic heterocycles. The van der Waals surface area contributed by atoms with Crippen LogP contribution >= 0.6 is 0 Å². The van der Waals surface area contributed by atoms with Crippen molar-refractivity contribution in [1.82, 2.24) is 4.90 Å². The predicted octanol–water partition coefficient (Wildman–Crippen LogP) is 2.31. The van der Waals surface area contributed by atoms with Gasteiger partial charge in [-0.05, 0) is 40.2 Å². The minimum Gasteiger partial charge on any atom is -0.390 e. The Kier molecular flexibility index (Phi) is 3.38. The summed E-state index contributed by atoms with van der Waals surface area (Å²) in [4.78, 5) is 2.30. The highest BCUT2D eigenvalue weighted by molar-refractivity contribution is 5.24. The van der Waals surface area contributed by atoms with Gasteiger partial charge < -0.3 is 10.0 Å². The number of allylic oxidation sites excluding steroid dienone is 3. The molecule has 80 valence electrons. The van der Waals surface area contributed by atoms with Crippen LogP contribution in [0.1, 0.15) is 34.1 Å². The first-order valence-electron chi connectivity index (χ1n) is 5.21. The normalized spacial score (nSPS) is 17.9. The maximum atomic E-state index is 9.62. The Morgan fingerprint density at radius 3 is 2.57 bits per heavy atom. The van der Waals surface area contributed by atoms with E-state index in [2.05, 4.69) is 30.9 Å². The molecule has 1 rings (SSSR count). The topological polar surface area (TPSA) is 23.5 Å². The minimum absolute atomic E-state index is 0.559. The smallest absolute Gasteiger partial charge is 0.0608 e. The molecule has 0 amide bonds. The third-order valence-corrected chi connectivity index (χ3v) is 2.56. The summed E-state index contributed by atoms with van der Waals surface area (Å²) in [7, 11) is 0. The molecule has 0 fully saturated rings. The molecule has 0 aromatic rings. The number of aliphatic hydroxyl groups is 1. The number of hydrogen-bond acceptors (Lipinski definition) is 2. The molecule has 1 N–H and O–H groups in total. The van der Waals surface area contributed by atoms with E-state index in [0.29, 0.717) is 0 Å². The zero-order valence-corrected chi connectivity index (χ0v) is 9.67. The van der Waals surface area contributed by atoms with Crippen LogP contribution in [0.15, 0.2) is 23.4 Å². The molecular formula is C12H21NO. The predicted molar refractivity (Wildman–Crippen MR) is 60.0 cm³/mol. The van der Waals surface area contributed by atoms with Gasteiger partial charge in [-0.15, -0.1) is 0 Å². The van der Waals surface area contributed by atoms with Crippen molar-refractivity contribution >= 4 is 0 Å². The van der Waals surface area contributed by atoms with Gasteiger partial charge in [0.1, 0.15) is 0 Å². The molecular weight excluding hydrogens is 174 g/mol. The molecule has 0 bridgehead atoms. The summed E-state index contributed by atoms with van der Waals surface area (Å²) >= 11 is 0. The number of hydrogen-bond donors (Lipinski definition) is 1. The Bertz CT molecular complexity index is 258. The van der Waals surface area contributed by atoms with Crippen molar-refractivity contribution in [3.8, 4) is 0 Å². The molecule has 0 spiro atoms. The van der Waals surface area contributed by atoms with E-state index in [4.69, 9.17) is 0 Å². The van der Waals surface area contributed by atoms with Crippen molar-refractivity contribution in [3.05, 3.63) is 23.4 Å². The van der Waals surface area contributed by atoms with Crippen molar-refractivity contribution < 1.29 is 5.11 Å². The van der Waals surface area contributed by atoms with Crippen LogP contribution in [0.3, 0.4) is 0 Å². The SMILES string of the molecule is CC1=CCN(CCC(C)(C)O)C(C)=C1. The highest BCUT2D eigenvalue weighted by atomic mass is 16.3. The summed E-state index contributed by atoms with van der Waals surface area (Å²) in [6.07, 6.45) is 5.22. The Balaban J connectivity index is 2.46. The molecule has 0 aliphatic carbocycles. The van der Waals surface area contributed by atoms with Crippen LogP contribution in [0.25, 0.3) is 0 Å². The quantitative estimate of drug-likeness (QED) is 0.747. The van der Waals surface area contributed by atoms with Gasteiger partial charge in [0.05, 0.1) is 5.60 Å². The van der Waals surface area contributed by atoms with E-state index >= 15 is 0 Å². The lowest BCUT2D eigenvalue weighted by molar-refractivity contribution is 0.0625. The zero-order valence-electron chi connectivity index (χ0n) is 9.67. The van der Waals surface area contributed by atoms with E-state index in [1.165, 1.54) is 11.3 Å². The van der Waals surface area contributed by atoms with Gasteiger partial charge in [0, 0.05) is 18.8 Å². The largest absolute Gasteiger partial charge is 0.390 e. The van der Waals surface area contributed by atoms with E-state index < -0.39 is 5.60 Å². The molecule has 0 radical (unpaired) electrons. The first kappa shape index (κ1) is 11.3. The van der Waals surface area contributed by atoms with Gasteiger partial charge in [-0.3, -0.25) is 0 Å². The van der Waals surface area contributed by atoms with Gasteiger partial charge in [0.25, 0.3) is 0 Å². The first-order valence-corrected chi connectivity index (χ1v) is 5.21.